The third kappa shape index (κ3) is 3.77. The van der Waals surface area contributed by atoms with Crippen LogP contribution in [0.15, 0.2) is 36.4 Å². The van der Waals surface area contributed by atoms with Gasteiger partial charge in [0.25, 0.3) is 0 Å². The topological polar surface area (TPSA) is 71.0 Å². The quantitative estimate of drug-likeness (QED) is 0.453. The maximum absolute atomic E-state index is 5.52. The maximum Gasteiger partial charge on any atom is 0.178 e. The molecule has 8 heteroatoms. The van der Waals surface area contributed by atoms with Crippen molar-refractivity contribution in [3.05, 3.63) is 52.6 Å². The Labute approximate surface area is 186 Å². The molecule has 2 aromatic carbocycles. The first kappa shape index (κ1) is 20.0. The molecule has 7 nitrogen and oxygen atoms in total. The number of aromatic amines is 1. The number of anilines is 2. The molecule has 0 amide bonds. The van der Waals surface area contributed by atoms with Crippen LogP contribution in [0.5, 0.6) is 0 Å². The average Bonchev–Trinajstić information content (AvgIpc) is 3.10. The maximum atomic E-state index is 5.52. The van der Waals surface area contributed by atoms with Crippen molar-refractivity contribution < 1.29 is 4.74 Å². The number of aromatic nitrogens is 4. The Balaban J connectivity index is 1.51. The number of fused-ring (bicyclic) bond motifs is 2. The number of benzene rings is 2. The van der Waals surface area contributed by atoms with Crippen molar-refractivity contribution in [2.75, 3.05) is 36.5 Å². The third-order valence-corrected chi connectivity index (χ3v) is 6.13. The monoisotopic (exact) mass is 434 g/mol. The van der Waals surface area contributed by atoms with Crippen molar-refractivity contribution >= 4 is 45.7 Å². The van der Waals surface area contributed by atoms with Gasteiger partial charge < -0.3 is 24.5 Å². The molecule has 0 radical (unpaired) electrons. The Kier molecular flexibility index (Phi) is 5.33. The summed E-state index contributed by atoms with van der Waals surface area (Å²) in [5.41, 5.74) is 5.48. The molecule has 1 aliphatic rings. The molecule has 0 spiro atoms. The zero-order valence-corrected chi connectivity index (χ0v) is 18.6. The minimum absolute atomic E-state index is 0.684. The lowest BCUT2D eigenvalue weighted by atomic mass is 10.1. The molecule has 0 aliphatic carbocycles. The molecule has 2 N–H and O–H groups in total. The van der Waals surface area contributed by atoms with Crippen molar-refractivity contribution in [1.82, 2.24) is 19.5 Å². The Bertz CT molecular complexity index is 1300. The van der Waals surface area contributed by atoms with Crippen molar-refractivity contribution in [2.45, 2.75) is 26.9 Å². The molecule has 5 rings (SSSR count). The van der Waals surface area contributed by atoms with Crippen LogP contribution < -0.4 is 10.2 Å². The van der Waals surface area contributed by atoms with E-state index in [2.05, 4.69) is 68.1 Å². The van der Waals surface area contributed by atoms with Gasteiger partial charge in [-0.05, 0) is 49.8 Å². The zero-order chi connectivity index (χ0) is 21.4. The first-order chi connectivity index (χ1) is 15.1. The van der Waals surface area contributed by atoms with Gasteiger partial charge in [0.15, 0.2) is 4.77 Å². The van der Waals surface area contributed by atoms with Crippen molar-refractivity contribution in [3.8, 4) is 0 Å². The number of hydrogen-bond donors (Lipinski definition) is 2. The van der Waals surface area contributed by atoms with E-state index < -0.39 is 0 Å². The van der Waals surface area contributed by atoms with Gasteiger partial charge in [-0.1, -0.05) is 18.2 Å². The summed E-state index contributed by atoms with van der Waals surface area (Å²) in [6.45, 7) is 8.90. The highest BCUT2D eigenvalue weighted by Gasteiger charge is 2.15. The predicted octanol–water partition coefficient (Wildman–Crippen LogP) is 4.42. The molecule has 0 bridgehead atoms. The average molecular weight is 435 g/mol. The van der Waals surface area contributed by atoms with Gasteiger partial charge in [0.1, 0.15) is 11.6 Å². The molecule has 31 heavy (non-hydrogen) atoms. The second kappa shape index (κ2) is 8.28. The number of H-pyrrole nitrogens is 1. The zero-order valence-electron chi connectivity index (χ0n) is 17.8. The number of nitrogens with zero attached hydrogens (tertiary/aromatic N) is 4. The minimum Gasteiger partial charge on any atom is -0.378 e. The van der Waals surface area contributed by atoms with Crippen LogP contribution in [0.3, 0.4) is 0 Å². The van der Waals surface area contributed by atoms with Gasteiger partial charge in [-0.2, -0.15) is 0 Å². The molecule has 1 fully saturated rings. The number of rotatable bonds is 5. The molecule has 4 aromatic rings. The number of para-hydroxylation sites is 1. The summed E-state index contributed by atoms with van der Waals surface area (Å²) in [5.74, 6) is 1.58. The van der Waals surface area contributed by atoms with Crippen molar-refractivity contribution in [3.63, 3.8) is 0 Å². The van der Waals surface area contributed by atoms with E-state index in [4.69, 9.17) is 21.9 Å². The summed E-state index contributed by atoms with van der Waals surface area (Å²) in [5, 5.41) is 4.56. The minimum atomic E-state index is 0.684. The Morgan fingerprint density at radius 3 is 2.77 bits per heavy atom. The van der Waals surface area contributed by atoms with E-state index >= 15 is 0 Å². The van der Waals surface area contributed by atoms with Crippen LogP contribution in [0.2, 0.25) is 0 Å². The van der Waals surface area contributed by atoms with E-state index in [-0.39, 0.29) is 0 Å². The van der Waals surface area contributed by atoms with Crippen LogP contribution in [-0.2, 0) is 17.8 Å². The molecule has 160 valence electrons. The fourth-order valence-electron chi connectivity index (χ4n) is 4.30. The number of nitrogens with one attached hydrogen (secondary N) is 2. The molecule has 1 aliphatic heterocycles. The number of imidazole rings is 1. The van der Waals surface area contributed by atoms with E-state index in [1.165, 1.54) is 11.3 Å². The van der Waals surface area contributed by atoms with E-state index in [1.54, 1.807) is 0 Å². The number of morpholine rings is 1. The molecule has 0 unspecified atom stereocenters. The van der Waals surface area contributed by atoms with Gasteiger partial charge >= 0.3 is 0 Å². The summed E-state index contributed by atoms with van der Waals surface area (Å²) in [7, 11) is 0. The van der Waals surface area contributed by atoms with Crippen molar-refractivity contribution in [2.24, 2.45) is 0 Å². The highest BCUT2D eigenvalue weighted by Crippen LogP contribution is 2.28. The van der Waals surface area contributed by atoms with Crippen LogP contribution in [0.1, 0.15) is 18.3 Å². The van der Waals surface area contributed by atoms with Crippen LogP contribution in [-0.4, -0.2) is 45.8 Å². The summed E-state index contributed by atoms with van der Waals surface area (Å²) < 4.78 is 8.34. The summed E-state index contributed by atoms with van der Waals surface area (Å²) in [6, 6.07) is 12.7. The smallest absolute Gasteiger partial charge is 0.178 e. The second-order valence-corrected chi connectivity index (χ2v) is 8.15. The van der Waals surface area contributed by atoms with Gasteiger partial charge in [0, 0.05) is 37.3 Å². The Morgan fingerprint density at radius 2 is 1.97 bits per heavy atom. The lowest BCUT2D eigenvalue weighted by Crippen LogP contribution is -2.36. The molecule has 2 aromatic heterocycles. The van der Waals surface area contributed by atoms with E-state index in [9.17, 15) is 0 Å². The fraction of sp³-hybridized carbons (Fsp3) is 0.348. The molecule has 0 saturated carbocycles. The lowest BCUT2D eigenvalue weighted by molar-refractivity contribution is 0.122. The lowest BCUT2D eigenvalue weighted by Gasteiger charge is -2.30. The molecular weight excluding hydrogens is 408 g/mol. The largest absolute Gasteiger partial charge is 0.378 e. The predicted molar refractivity (Wildman–Crippen MR) is 127 cm³/mol. The first-order valence-electron chi connectivity index (χ1n) is 10.7. The van der Waals surface area contributed by atoms with Gasteiger partial charge in [-0.15, -0.1) is 0 Å². The van der Waals surface area contributed by atoms with Crippen LogP contribution in [0, 0.1) is 11.7 Å². The van der Waals surface area contributed by atoms with Crippen molar-refractivity contribution in [1.29, 1.82) is 0 Å². The van der Waals surface area contributed by atoms with Gasteiger partial charge in [0.05, 0.1) is 29.8 Å². The van der Waals surface area contributed by atoms with Gasteiger partial charge in [0.2, 0.25) is 0 Å². The molecule has 0 atom stereocenters. The van der Waals surface area contributed by atoms with Gasteiger partial charge in [-0.3, -0.25) is 0 Å². The SMILES string of the molecule is CCn1c(=S)[nH]c2cc3c(NCc4ccccc4N4CCOCC4)nc(C)nc3cc21. The number of hydrogen-bond acceptors (Lipinski definition) is 6. The van der Waals surface area contributed by atoms with Gasteiger partial charge in [-0.25, -0.2) is 9.97 Å². The summed E-state index contributed by atoms with van der Waals surface area (Å²) in [6.07, 6.45) is 0. The Morgan fingerprint density at radius 1 is 1.16 bits per heavy atom. The van der Waals surface area contributed by atoms with E-state index in [0.29, 0.717) is 6.54 Å². The fourth-order valence-corrected chi connectivity index (χ4v) is 4.63. The molecule has 1 saturated heterocycles. The molecular formula is C23H26N6OS. The molecule has 3 heterocycles. The van der Waals surface area contributed by atoms with Crippen LogP contribution in [0.25, 0.3) is 21.9 Å². The highest BCUT2D eigenvalue weighted by atomic mass is 32.1. The first-order valence-corrected chi connectivity index (χ1v) is 11.1. The standard InChI is InChI=1S/C23H26N6OS/c1-3-29-21-13-18-17(12-19(21)27-23(29)31)22(26-15(2)25-18)24-14-16-6-4-5-7-20(16)28-8-10-30-11-9-28/h4-7,12-13H,3,8-11,14H2,1-2H3,(H,27,31)(H,24,25,26). The third-order valence-electron chi connectivity index (χ3n) is 5.81. The number of ether oxygens (including phenoxy) is 1. The Hall–Kier alpha value is -2.97. The number of aryl methyl sites for hydroxylation is 2. The normalized spacial score (nSPS) is 14.5. The van der Waals surface area contributed by atoms with E-state index in [0.717, 1.165) is 71.2 Å². The second-order valence-electron chi connectivity index (χ2n) is 7.76. The summed E-state index contributed by atoms with van der Waals surface area (Å²) >= 11 is 5.48. The van der Waals surface area contributed by atoms with E-state index in [1.807, 2.05) is 6.92 Å². The highest BCUT2D eigenvalue weighted by molar-refractivity contribution is 7.71. The van der Waals surface area contributed by atoms with Crippen LogP contribution in [0.4, 0.5) is 11.5 Å². The van der Waals surface area contributed by atoms with Crippen LogP contribution >= 0.6 is 12.2 Å². The summed E-state index contributed by atoms with van der Waals surface area (Å²) in [4.78, 5) is 15.1.